The van der Waals surface area contributed by atoms with Gasteiger partial charge in [0.1, 0.15) is 11.5 Å². The molecule has 0 aliphatic carbocycles. The first-order valence-corrected chi connectivity index (χ1v) is 12.0. The van der Waals surface area contributed by atoms with Crippen molar-refractivity contribution in [3.05, 3.63) is 72.6 Å². The molecule has 0 spiro atoms. The van der Waals surface area contributed by atoms with Crippen LogP contribution in [0.5, 0.6) is 11.5 Å². The molecule has 1 unspecified atom stereocenters. The van der Waals surface area contributed by atoms with Crippen LogP contribution in [-0.2, 0) is 21.4 Å². The highest BCUT2D eigenvalue weighted by molar-refractivity contribution is 7.92. The van der Waals surface area contributed by atoms with Gasteiger partial charge in [0.05, 0.1) is 38.0 Å². The van der Waals surface area contributed by atoms with E-state index in [2.05, 4.69) is 26.9 Å². The monoisotopic (exact) mass is 515 g/mol. The van der Waals surface area contributed by atoms with Crippen molar-refractivity contribution in [3.63, 3.8) is 0 Å². The molecule has 0 aliphatic heterocycles. The number of methoxy groups -OCH3 is 2. The number of carbonyl (C=O) groups is 1. The van der Waals surface area contributed by atoms with Crippen molar-refractivity contribution in [1.82, 2.24) is 20.3 Å². The summed E-state index contributed by atoms with van der Waals surface area (Å²) in [5.41, 5.74) is 1.15. The van der Waals surface area contributed by atoms with Gasteiger partial charge >= 0.3 is 0 Å². The van der Waals surface area contributed by atoms with Crippen molar-refractivity contribution in [3.8, 4) is 11.5 Å². The van der Waals surface area contributed by atoms with E-state index in [9.17, 15) is 17.6 Å². The Morgan fingerprint density at radius 2 is 2.00 bits per heavy atom. The van der Waals surface area contributed by atoms with Gasteiger partial charge in [0.25, 0.3) is 10.0 Å². The number of aromatic nitrogens is 3. The van der Waals surface area contributed by atoms with E-state index in [0.717, 1.165) is 6.08 Å². The number of nitrogens with one attached hydrogen (secondary N) is 2. The normalized spacial score (nSPS) is 12.2. The van der Waals surface area contributed by atoms with E-state index >= 15 is 0 Å². The highest BCUT2D eigenvalue weighted by Gasteiger charge is 2.26. The summed E-state index contributed by atoms with van der Waals surface area (Å²) < 4.78 is 60.2. The number of benzene rings is 2. The fourth-order valence-corrected chi connectivity index (χ4v) is 4.59. The van der Waals surface area contributed by atoms with Crippen LogP contribution in [-0.4, -0.2) is 43.5 Å². The van der Waals surface area contributed by atoms with Gasteiger partial charge in [-0.15, -0.1) is 0 Å². The molecule has 13 heteroatoms. The summed E-state index contributed by atoms with van der Waals surface area (Å²) >= 11 is 0. The number of hydrogen-bond acceptors (Lipinski definition) is 8. The molecule has 0 saturated carbocycles. The molecule has 0 bridgehead atoms. The minimum Gasteiger partial charge on any atom is -0.496 e. The third kappa shape index (κ3) is 5.00. The second-order valence-electron chi connectivity index (χ2n) is 7.50. The van der Waals surface area contributed by atoms with Gasteiger partial charge in [-0.2, -0.15) is 13.5 Å². The van der Waals surface area contributed by atoms with Crippen molar-refractivity contribution in [2.75, 3.05) is 18.9 Å². The Bertz CT molecular complexity index is 1530. The van der Waals surface area contributed by atoms with Gasteiger partial charge in [0.15, 0.2) is 5.58 Å². The minimum atomic E-state index is -4.14. The molecule has 36 heavy (non-hydrogen) atoms. The van der Waals surface area contributed by atoms with Crippen LogP contribution < -0.4 is 19.5 Å². The van der Waals surface area contributed by atoms with Crippen LogP contribution in [0.25, 0.3) is 11.0 Å². The lowest BCUT2D eigenvalue weighted by Crippen LogP contribution is -2.23. The number of halogens is 1. The maximum atomic E-state index is 14.2. The van der Waals surface area contributed by atoms with Crippen molar-refractivity contribution in [1.29, 1.82) is 0 Å². The number of amides is 1. The molecule has 2 aromatic carbocycles. The van der Waals surface area contributed by atoms with Crippen LogP contribution in [0.4, 0.5) is 10.1 Å². The van der Waals surface area contributed by atoms with Crippen molar-refractivity contribution in [2.45, 2.75) is 17.9 Å². The van der Waals surface area contributed by atoms with E-state index in [1.807, 2.05) is 0 Å². The molecule has 0 fully saturated rings. The second-order valence-corrected chi connectivity index (χ2v) is 9.10. The topological polar surface area (TPSA) is 138 Å². The lowest BCUT2D eigenvalue weighted by Gasteiger charge is -2.11. The van der Waals surface area contributed by atoms with Crippen LogP contribution in [0.1, 0.15) is 17.4 Å². The summed E-state index contributed by atoms with van der Waals surface area (Å²) in [7, 11) is -1.28. The van der Waals surface area contributed by atoms with E-state index in [0.29, 0.717) is 17.1 Å². The van der Waals surface area contributed by atoms with Crippen LogP contribution in [0.3, 0.4) is 0 Å². The molecule has 0 radical (unpaired) electrons. The Labute approximate surface area is 205 Å². The Kier molecular flexibility index (Phi) is 6.92. The lowest BCUT2D eigenvalue weighted by molar-refractivity contribution is -0.118. The highest BCUT2D eigenvalue weighted by Crippen LogP contribution is 2.33. The maximum Gasteiger partial charge on any atom is 0.283 e. The molecule has 2 N–H and O–H groups in total. The predicted molar refractivity (Wildman–Crippen MR) is 128 cm³/mol. The largest absolute Gasteiger partial charge is 0.496 e. The molecule has 1 atom stereocenters. The fraction of sp³-hybridized carbons (Fsp3) is 0.174. The number of rotatable bonds is 10. The molecule has 4 aromatic rings. The summed E-state index contributed by atoms with van der Waals surface area (Å²) in [5, 5.41) is 9.87. The average Bonchev–Trinajstić information content (AvgIpc) is 3.51. The summed E-state index contributed by atoms with van der Waals surface area (Å²) in [6, 6.07) is 9.60. The summed E-state index contributed by atoms with van der Waals surface area (Å²) in [6.45, 7) is 3.43. The average molecular weight is 516 g/mol. The molecular weight excluding hydrogens is 493 g/mol. The molecule has 11 nitrogen and oxygen atoms in total. The van der Waals surface area contributed by atoms with Crippen molar-refractivity contribution in [2.24, 2.45) is 0 Å². The van der Waals surface area contributed by atoms with E-state index < -0.39 is 22.2 Å². The van der Waals surface area contributed by atoms with Crippen LogP contribution in [0.2, 0.25) is 0 Å². The highest BCUT2D eigenvalue weighted by atomic mass is 32.2. The minimum absolute atomic E-state index is 0.140. The molecule has 2 heterocycles. The number of para-hydroxylation sites is 2. The number of alkyl halides is 1. The number of hydrogen-bond donors (Lipinski definition) is 2. The number of carbonyl (C=O) groups excluding carboxylic acids is 1. The number of nitrogens with zero attached hydrogens (tertiary/aromatic N) is 3. The SMILES string of the molecule is C=CC(=O)NC(F)c1cnn(Cc2cc3onc(S(=O)(=O)Nc4ccccc4OC)c3cc2OC)c1. The van der Waals surface area contributed by atoms with Gasteiger partial charge < -0.3 is 19.3 Å². The van der Waals surface area contributed by atoms with Crippen molar-refractivity contribution < 1.29 is 31.6 Å². The third-order valence-electron chi connectivity index (χ3n) is 5.18. The van der Waals surface area contributed by atoms with Gasteiger partial charge in [0.2, 0.25) is 17.2 Å². The Hall–Kier alpha value is -4.39. The molecular formula is C23H22FN5O6S. The maximum absolute atomic E-state index is 14.2. The third-order valence-corrected chi connectivity index (χ3v) is 6.47. The number of fused-ring (bicyclic) bond motifs is 1. The molecule has 2 aromatic heterocycles. The zero-order valence-electron chi connectivity index (χ0n) is 19.3. The predicted octanol–water partition coefficient (Wildman–Crippen LogP) is 3.16. The van der Waals surface area contributed by atoms with Crippen LogP contribution in [0.15, 0.2) is 71.0 Å². The van der Waals surface area contributed by atoms with Crippen LogP contribution in [0, 0.1) is 0 Å². The summed E-state index contributed by atoms with van der Waals surface area (Å²) in [6.07, 6.45) is 1.91. The van der Waals surface area contributed by atoms with Gasteiger partial charge in [-0.05, 0) is 30.3 Å². The Morgan fingerprint density at radius 1 is 1.25 bits per heavy atom. The molecule has 4 rings (SSSR count). The van der Waals surface area contributed by atoms with E-state index in [1.54, 1.807) is 30.3 Å². The lowest BCUT2D eigenvalue weighted by atomic mass is 10.1. The van der Waals surface area contributed by atoms with Gasteiger partial charge in [-0.1, -0.05) is 23.9 Å². The molecule has 1 amide bonds. The van der Waals surface area contributed by atoms with Gasteiger partial charge in [-0.3, -0.25) is 14.2 Å². The number of ether oxygens (including phenoxy) is 2. The van der Waals surface area contributed by atoms with Crippen LogP contribution >= 0.6 is 0 Å². The second kappa shape index (κ2) is 10.1. The summed E-state index contributed by atoms with van der Waals surface area (Å²) in [4.78, 5) is 11.3. The van der Waals surface area contributed by atoms with E-state index in [4.69, 9.17) is 14.0 Å². The first-order valence-electron chi connectivity index (χ1n) is 10.5. The molecule has 188 valence electrons. The molecule has 0 saturated heterocycles. The quantitative estimate of drug-likeness (QED) is 0.243. The van der Waals surface area contributed by atoms with E-state index in [-0.39, 0.29) is 33.8 Å². The fourth-order valence-electron chi connectivity index (χ4n) is 3.45. The zero-order valence-corrected chi connectivity index (χ0v) is 20.1. The number of sulfonamides is 1. The smallest absolute Gasteiger partial charge is 0.283 e. The van der Waals surface area contributed by atoms with Crippen molar-refractivity contribution >= 4 is 32.6 Å². The Balaban J connectivity index is 1.62. The van der Waals surface area contributed by atoms with Gasteiger partial charge in [-0.25, -0.2) is 4.39 Å². The standard InChI is InChI=1S/C23H22FN5O6S/c1-4-21(30)26-22(24)15-11-25-29(13-15)12-14-9-20-16(10-19(14)34-3)23(27-35-20)36(31,32)28-17-7-5-6-8-18(17)33-2/h4-11,13,22,28H,1,12H2,2-3H3,(H,26,30). The zero-order chi connectivity index (χ0) is 25.9. The Morgan fingerprint density at radius 3 is 2.72 bits per heavy atom. The number of anilines is 1. The summed E-state index contributed by atoms with van der Waals surface area (Å²) in [5.74, 6) is 0.0267. The van der Waals surface area contributed by atoms with E-state index in [1.165, 1.54) is 37.4 Å². The molecule has 0 aliphatic rings. The van der Waals surface area contributed by atoms with Gasteiger partial charge in [0, 0.05) is 17.3 Å². The first kappa shape index (κ1) is 24.7. The first-order chi connectivity index (χ1) is 17.2.